The fourth-order valence-corrected chi connectivity index (χ4v) is 3.79. The molecule has 0 radical (unpaired) electrons. The van der Waals surface area contributed by atoms with Crippen molar-refractivity contribution in [2.45, 2.75) is 0 Å². The quantitative estimate of drug-likeness (QED) is 0.510. The van der Waals surface area contributed by atoms with Gasteiger partial charge < -0.3 is 15.2 Å². The van der Waals surface area contributed by atoms with Gasteiger partial charge in [-0.25, -0.2) is 0 Å². The highest BCUT2D eigenvalue weighted by Crippen LogP contribution is 2.38. The van der Waals surface area contributed by atoms with Crippen molar-refractivity contribution in [3.8, 4) is 33.8 Å². The summed E-state index contributed by atoms with van der Waals surface area (Å²) in [5.41, 5.74) is 3.17. The molecule has 2 aromatic heterocycles. The molecule has 0 atom stereocenters. The monoisotopic (exact) mass is 335 g/mol. The summed E-state index contributed by atoms with van der Waals surface area (Å²) in [6.45, 7) is 0. The van der Waals surface area contributed by atoms with E-state index in [-0.39, 0.29) is 17.1 Å². The molecule has 0 spiro atoms. The third kappa shape index (κ3) is 2.35. The van der Waals surface area contributed by atoms with E-state index < -0.39 is 0 Å². The summed E-state index contributed by atoms with van der Waals surface area (Å²) in [6.07, 6.45) is 0. The highest BCUT2D eigenvalue weighted by molar-refractivity contribution is 7.17. The average molecular weight is 335 g/mol. The summed E-state index contributed by atoms with van der Waals surface area (Å²) >= 11 is 1.38. The summed E-state index contributed by atoms with van der Waals surface area (Å²) in [6, 6.07) is 16.1. The van der Waals surface area contributed by atoms with Gasteiger partial charge in [0.25, 0.3) is 5.56 Å². The fourth-order valence-electron chi connectivity index (χ4n) is 2.81. The van der Waals surface area contributed by atoms with Crippen LogP contribution in [0.5, 0.6) is 11.5 Å². The number of hydrogen-bond donors (Lipinski definition) is 3. The number of benzene rings is 2. The van der Waals surface area contributed by atoms with Crippen molar-refractivity contribution in [3.63, 3.8) is 0 Å². The Morgan fingerprint density at radius 1 is 0.833 bits per heavy atom. The average Bonchev–Trinajstić information content (AvgIpc) is 2.99. The SMILES string of the molecule is O=c1cc(O)c2c(-c3ccc(-c4ccccc4O)cc3)csc2[nH]1. The van der Waals surface area contributed by atoms with Crippen molar-refractivity contribution < 1.29 is 10.2 Å². The predicted molar refractivity (Wildman–Crippen MR) is 96.6 cm³/mol. The lowest BCUT2D eigenvalue weighted by Crippen LogP contribution is -2.01. The van der Waals surface area contributed by atoms with Crippen LogP contribution >= 0.6 is 11.3 Å². The molecule has 0 saturated heterocycles. The fraction of sp³-hybridized carbons (Fsp3) is 0. The Bertz CT molecular complexity index is 1090. The Balaban J connectivity index is 1.82. The van der Waals surface area contributed by atoms with Gasteiger partial charge in [-0.1, -0.05) is 42.5 Å². The molecule has 0 bridgehead atoms. The van der Waals surface area contributed by atoms with E-state index in [1.165, 1.54) is 17.4 Å². The van der Waals surface area contributed by atoms with Crippen molar-refractivity contribution in [2.24, 2.45) is 0 Å². The van der Waals surface area contributed by atoms with Gasteiger partial charge in [0.1, 0.15) is 16.3 Å². The van der Waals surface area contributed by atoms with Crippen molar-refractivity contribution in [2.75, 3.05) is 0 Å². The summed E-state index contributed by atoms with van der Waals surface area (Å²) in [7, 11) is 0. The van der Waals surface area contributed by atoms with Crippen molar-refractivity contribution in [3.05, 3.63) is 70.3 Å². The molecule has 4 rings (SSSR count). The Hall–Kier alpha value is -3.05. The maximum atomic E-state index is 11.5. The summed E-state index contributed by atoms with van der Waals surface area (Å²) in [5, 5.41) is 22.6. The second-order valence-electron chi connectivity index (χ2n) is 5.47. The molecule has 0 aliphatic rings. The van der Waals surface area contributed by atoms with E-state index in [4.69, 9.17) is 0 Å². The third-order valence-electron chi connectivity index (χ3n) is 3.96. The molecule has 0 amide bonds. The largest absolute Gasteiger partial charge is 0.507 e. The molecule has 24 heavy (non-hydrogen) atoms. The Labute approximate surface area is 141 Å². The van der Waals surface area contributed by atoms with E-state index in [1.807, 2.05) is 41.8 Å². The van der Waals surface area contributed by atoms with Gasteiger partial charge in [0.05, 0.1) is 5.39 Å². The Kier molecular flexibility index (Phi) is 3.36. The number of phenols is 1. The minimum absolute atomic E-state index is 0.0187. The van der Waals surface area contributed by atoms with Crippen LogP contribution in [0.15, 0.2) is 64.8 Å². The van der Waals surface area contributed by atoms with Crippen LogP contribution in [0, 0.1) is 0 Å². The molecular weight excluding hydrogens is 322 g/mol. The number of aromatic hydroxyl groups is 2. The number of para-hydroxylation sites is 1. The molecule has 3 N–H and O–H groups in total. The van der Waals surface area contributed by atoms with E-state index in [9.17, 15) is 15.0 Å². The van der Waals surface area contributed by atoms with Crippen LogP contribution in [0.2, 0.25) is 0 Å². The highest BCUT2D eigenvalue weighted by Gasteiger charge is 2.12. The lowest BCUT2D eigenvalue weighted by molar-refractivity contribution is 0.477. The maximum Gasteiger partial charge on any atom is 0.252 e. The van der Waals surface area contributed by atoms with Crippen LogP contribution in [0.4, 0.5) is 0 Å². The smallest absolute Gasteiger partial charge is 0.252 e. The van der Waals surface area contributed by atoms with Gasteiger partial charge in [-0.05, 0) is 17.2 Å². The van der Waals surface area contributed by atoms with Gasteiger partial charge in [0, 0.05) is 22.6 Å². The molecule has 0 fully saturated rings. The molecule has 2 heterocycles. The number of rotatable bonds is 2. The lowest BCUT2D eigenvalue weighted by Gasteiger charge is -2.06. The second kappa shape index (κ2) is 5.54. The summed E-state index contributed by atoms with van der Waals surface area (Å²) in [5.74, 6) is 0.219. The van der Waals surface area contributed by atoms with E-state index in [0.29, 0.717) is 10.2 Å². The van der Waals surface area contributed by atoms with Crippen LogP contribution < -0.4 is 5.56 Å². The summed E-state index contributed by atoms with van der Waals surface area (Å²) < 4.78 is 0. The first kappa shape index (κ1) is 14.5. The third-order valence-corrected chi connectivity index (χ3v) is 4.86. The standard InChI is InChI=1S/C19H13NO3S/c21-15-4-2-1-3-13(15)11-5-7-12(8-6-11)14-10-24-19-18(14)16(22)9-17(23)20-19/h1-10,21H,(H2,20,22,23). The zero-order valence-electron chi connectivity index (χ0n) is 12.5. The molecule has 118 valence electrons. The van der Waals surface area contributed by atoms with Gasteiger partial charge in [-0.2, -0.15) is 0 Å². The number of aromatic amines is 1. The molecule has 5 heteroatoms. The Morgan fingerprint density at radius 3 is 2.21 bits per heavy atom. The first-order valence-corrected chi connectivity index (χ1v) is 8.24. The first-order chi connectivity index (χ1) is 11.6. The van der Waals surface area contributed by atoms with Crippen molar-refractivity contribution >= 4 is 21.6 Å². The van der Waals surface area contributed by atoms with E-state index in [1.54, 1.807) is 12.1 Å². The zero-order valence-corrected chi connectivity index (χ0v) is 13.3. The highest BCUT2D eigenvalue weighted by atomic mass is 32.1. The molecule has 0 saturated carbocycles. The van der Waals surface area contributed by atoms with Gasteiger partial charge in [0.2, 0.25) is 0 Å². The van der Waals surface area contributed by atoms with Crippen LogP contribution in [0.25, 0.3) is 32.5 Å². The van der Waals surface area contributed by atoms with E-state index in [0.717, 1.165) is 22.3 Å². The molecule has 0 unspecified atom stereocenters. The number of nitrogens with one attached hydrogen (secondary N) is 1. The van der Waals surface area contributed by atoms with Crippen LogP contribution in [0.1, 0.15) is 0 Å². The topological polar surface area (TPSA) is 73.3 Å². The van der Waals surface area contributed by atoms with E-state index in [2.05, 4.69) is 4.98 Å². The maximum absolute atomic E-state index is 11.5. The van der Waals surface area contributed by atoms with Crippen molar-refractivity contribution in [1.82, 2.24) is 4.98 Å². The molecule has 0 aliphatic carbocycles. The second-order valence-corrected chi connectivity index (χ2v) is 6.35. The molecule has 0 aliphatic heterocycles. The first-order valence-electron chi connectivity index (χ1n) is 7.36. The van der Waals surface area contributed by atoms with Gasteiger partial charge in [-0.15, -0.1) is 11.3 Å². The summed E-state index contributed by atoms with van der Waals surface area (Å²) in [4.78, 5) is 14.8. The normalized spacial score (nSPS) is 11.0. The molecule has 4 aromatic rings. The van der Waals surface area contributed by atoms with Gasteiger partial charge in [0.15, 0.2) is 0 Å². The number of H-pyrrole nitrogens is 1. The van der Waals surface area contributed by atoms with Crippen LogP contribution in [-0.4, -0.2) is 15.2 Å². The van der Waals surface area contributed by atoms with Crippen LogP contribution in [0.3, 0.4) is 0 Å². The number of phenolic OH excluding ortho intramolecular Hbond substituents is 1. The number of aromatic nitrogens is 1. The van der Waals surface area contributed by atoms with Gasteiger partial charge >= 0.3 is 0 Å². The number of hydrogen-bond acceptors (Lipinski definition) is 4. The number of pyridine rings is 1. The number of fused-ring (bicyclic) bond motifs is 1. The van der Waals surface area contributed by atoms with E-state index >= 15 is 0 Å². The predicted octanol–water partition coefficient (Wildman–Crippen LogP) is 4.33. The minimum Gasteiger partial charge on any atom is -0.507 e. The molecular formula is C19H13NO3S. The molecule has 2 aromatic carbocycles. The molecule has 4 nitrogen and oxygen atoms in total. The lowest BCUT2D eigenvalue weighted by atomic mass is 10.00. The Morgan fingerprint density at radius 2 is 1.50 bits per heavy atom. The number of thiophene rings is 1. The van der Waals surface area contributed by atoms with Crippen LogP contribution in [-0.2, 0) is 0 Å². The zero-order chi connectivity index (χ0) is 16.7. The van der Waals surface area contributed by atoms with Crippen molar-refractivity contribution in [1.29, 1.82) is 0 Å². The minimum atomic E-state index is -0.316. The van der Waals surface area contributed by atoms with Gasteiger partial charge in [-0.3, -0.25) is 4.79 Å².